The van der Waals surface area contributed by atoms with Gasteiger partial charge in [-0.05, 0) is 51.1 Å². The fourth-order valence-electron chi connectivity index (χ4n) is 2.04. The van der Waals surface area contributed by atoms with E-state index in [9.17, 15) is 9.90 Å². The second-order valence-electron chi connectivity index (χ2n) is 5.02. The lowest BCUT2D eigenvalue weighted by atomic mass is 10.1. The van der Waals surface area contributed by atoms with Crippen LogP contribution in [0.15, 0.2) is 35.1 Å². The standard InChI is InChI=1S/C16H20N2O3/c1-4-18-16(20)13(10-19)9-15(17-18)12-5-7-14(8-6-12)21-11(2)3/h5-9,11,19H,4,10H2,1-3H3. The van der Waals surface area contributed by atoms with Gasteiger partial charge in [-0.15, -0.1) is 0 Å². The lowest BCUT2D eigenvalue weighted by Crippen LogP contribution is -2.26. The first-order valence-electron chi connectivity index (χ1n) is 7.04. The lowest BCUT2D eigenvalue weighted by molar-refractivity contribution is 0.242. The molecule has 0 spiro atoms. The molecule has 0 aliphatic rings. The van der Waals surface area contributed by atoms with E-state index < -0.39 is 0 Å². The Morgan fingerprint density at radius 3 is 2.48 bits per heavy atom. The highest BCUT2D eigenvalue weighted by atomic mass is 16.5. The van der Waals surface area contributed by atoms with E-state index >= 15 is 0 Å². The molecule has 1 heterocycles. The molecular weight excluding hydrogens is 268 g/mol. The molecule has 2 aromatic rings. The van der Waals surface area contributed by atoms with E-state index in [0.29, 0.717) is 17.8 Å². The third-order valence-corrected chi connectivity index (χ3v) is 3.04. The zero-order valence-electron chi connectivity index (χ0n) is 12.5. The number of hydrogen-bond donors (Lipinski definition) is 1. The van der Waals surface area contributed by atoms with Crippen LogP contribution in [0.25, 0.3) is 11.3 Å². The second kappa shape index (κ2) is 6.54. The summed E-state index contributed by atoms with van der Waals surface area (Å²) in [4.78, 5) is 11.9. The molecule has 0 saturated heterocycles. The number of ether oxygens (including phenoxy) is 1. The molecule has 0 fully saturated rings. The molecule has 0 bridgehead atoms. The summed E-state index contributed by atoms with van der Waals surface area (Å²) >= 11 is 0. The Morgan fingerprint density at radius 2 is 1.95 bits per heavy atom. The van der Waals surface area contributed by atoms with Gasteiger partial charge in [0.25, 0.3) is 5.56 Å². The van der Waals surface area contributed by atoms with Crippen molar-refractivity contribution in [1.82, 2.24) is 9.78 Å². The van der Waals surface area contributed by atoms with Crippen molar-refractivity contribution in [2.24, 2.45) is 0 Å². The largest absolute Gasteiger partial charge is 0.491 e. The van der Waals surface area contributed by atoms with Crippen molar-refractivity contribution in [2.45, 2.75) is 40.0 Å². The minimum absolute atomic E-state index is 0.122. The fourth-order valence-corrected chi connectivity index (χ4v) is 2.04. The molecule has 1 aromatic carbocycles. The first-order chi connectivity index (χ1) is 10.0. The van der Waals surface area contributed by atoms with Gasteiger partial charge < -0.3 is 9.84 Å². The monoisotopic (exact) mass is 288 g/mol. The van der Waals surface area contributed by atoms with E-state index in [1.54, 1.807) is 6.07 Å². The molecule has 1 aromatic heterocycles. The molecular formula is C16H20N2O3. The number of aryl methyl sites for hydroxylation is 1. The molecule has 1 N–H and O–H groups in total. The van der Waals surface area contributed by atoms with Crippen LogP contribution < -0.4 is 10.3 Å². The minimum Gasteiger partial charge on any atom is -0.491 e. The maximum absolute atomic E-state index is 11.9. The van der Waals surface area contributed by atoms with Crippen LogP contribution in [0.4, 0.5) is 0 Å². The topological polar surface area (TPSA) is 64.3 Å². The molecule has 112 valence electrons. The SMILES string of the molecule is CCn1nc(-c2ccc(OC(C)C)cc2)cc(CO)c1=O. The Bertz CT molecular complexity index is 632. The molecule has 21 heavy (non-hydrogen) atoms. The van der Waals surface area contributed by atoms with Crippen LogP contribution in [0.2, 0.25) is 0 Å². The number of hydrogen-bond acceptors (Lipinski definition) is 4. The van der Waals surface area contributed by atoms with Crippen molar-refractivity contribution < 1.29 is 9.84 Å². The molecule has 0 atom stereocenters. The quantitative estimate of drug-likeness (QED) is 0.916. The Labute approximate surface area is 123 Å². The maximum Gasteiger partial charge on any atom is 0.272 e. The molecule has 2 rings (SSSR count). The Morgan fingerprint density at radius 1 is 1.29 bits per heavy atom. The summed E-state index contributed by atoms with van der Waals surface area (Å²) in [5, 5.41) is 13.6. The molecule has 0 radical (unpaired) electrons. The third-order valence-electron chi connectivity index (χ3n) is 3.04. The molecule has 0 aliphatic carbocycles. The second-order valence-corrected chi connectivity index (χ2v) is 5.02. The minimum atomic E-state index is -0.289. The van der Waals surface area contributed by atoms with Gasteiger partial charge in [-0.2, -0.15) is 5.10 Å². The number of aliphatic hydroxyl groups is 1. The fraction of sp³-hybridized carbons (Fsp3) is 0.375. The number of rotatable bonds is 5. The van der Waals surface area contributed by atoms with Gasteiger partial charge in [-0.25, -0.2) is 4.68 Å². The van der Waals surface area contributed by atoms with Gasteiger partial charge in [-0.3, -0.25) is 4.79 Å². The molecule has 0 aliphatic heterocycles. The van der Waals surface area contributed by atoms with Crippen molar-refractivity contribution >= 4 is 0 Å². The first-order valence-corrected chi connectivity index (χ1v) is 7.04. The summed E-state index contributed by atoms with van der Waals surface area (Å²) in [7, 11) is 0. The van der Waals surface area contributed by atoms with E-state index in [0.717, 1.165) is 11.3 Å². The van der Waals surface area contributed by atoms with Crippen LogP contribution in [-0.2, 0) is 13.2 Å². The lowest BCUT2D eigenvalue weighted by Gasteiger charge is -2.11. The summed E-state index contributed by atoms with van der Waals surface area (Å²) in [6.45, 7) is 5.97. The average Bonchev–Trinajstić information content (AvgIpc) is 2.48. The van der Waals surface area contributed by atoms with Gasteiger partial charge in [0.15, 0.2) is 0 Å². The Hall–Kier alpha value is -2.14. The smallest absolute Gasteiger partial charge is 0.272 e. The van der Waals surface area contributed by atoms with E-state index in [1.807, 2.05) is 45.0 Å². The van der Waals surface area contributed by atoms with Gasteiger partial charge in [0.05, 0.1) is 18.4 Å². The van der Waals surface area contributed by atoms with E-state index in [1.165, 1.54) is 4.68 Å². The first kappa shape index (κ1) is 15.3. The highest BCUT2D eigenvalue weighted by Crippen LogP contribution is 2.21. The van der Waals surface area contributed by atoms with Gasteiger partial charge in [0.2, 0.25) is 0 Å². The molecule has 0 unspecified atom stereocenters. The van der Waals surface area contributed by atoms with Crippen molar-refractivity contribution in [2.75, 3.05) is 0 Å². The predicted octanol–water partition coefficient (Wildman–Crippen LogP) is 2.21. The maximum atomic E-state index is 11.9. The average molecular weight is 288 g/mol. The molecule has 0 saturated carbocycles. The summed E-state index contributed by atoms with van der Waals surface area (Å²) in [5.41, 5.74) is 1.65. The van der Waals surface area contributed by atoms with Gasteiger partial charge in [-0.1, -0.05) is 0 Å². The van der Waals surface area contributed by atoms with Crippen molar-refractivity contribution in [3.63, 3.8) is 0 Å². The third kappa shape index (κ3) is 3.49. The zero-order chi connectivity index (χ0) is 15.4. The summed E-state index contributed by atoms with van der Waals surface area (Å²) in [5.74, 6) is 0.792. The van der Waals surface area contributed by atoms with Crippen LogP contribution in [-0.4, -0.2) is 21.0 Å². The summed E-state index contributed by atoms with van der Waals surface area (Å²) in [6, 6.07) is 9.16. The van der Waals surface area contributed by atoms with E-state index in [4.69, 9.17) is 4.74 Å². The van der Waals surface area contributed by atoms with Crippen LogP contribution in [0.3, 0.4) is 0 Å². The Kier molecular flexibility index (Phi) is 4.75. The van der Waals surface area contributed by atoms with E-state index in [-0.39, 0.29) is 18.3 Å². The van der Waals surface area contributed by atoms with Gasteiger partial charge in [0, 0.05) is 17.7 Å². The zero-order valence-corrected chi connectivity index (χ0v) is 12.5. The number of aromatic nitrogens is 2. The molecule has 5 nitrogen and oxygen atoms in total. The number of benzene rings is 1. The summed E-state index contributed by atoms with van der Waals surface area (Å²) < 4.78 is 6.96. The molecule has 0 amide bonds. The van der Waals surface area contributed by atoms with E-state index in [2.05, 4.69) is 5.10 Å². The van der Waals surface area contributed by atoms with Crippen molar-refractivity contribution in [3.8, 4) is 17.0 Å². The molecule has 5 heteroatoms. The van der Waals surface area contributed by atoms with Crippen molar-refractivity contribution in [3.05, 3.63) is 46.2 Å². The highest BCUT2D eigenvalue weighted by molar-refractivity contribution is 5.60. The highest BCUT2D eigenvalue weighted by Gasteiger charge is 2.09. The van der Waals surface area contributed by atoms with Gasteiger partial charge >= 0.3 is 0 Å². The number of nitrogens with zero attached hydrogens (tertiary/aromatic N) is 2. The normalized spacial score (nSPS) is 10.9. The van der Waals surface area contributed by atoms with Crippen LogP contribution >= 0.6 is 0 Å². The summed E-state index contributed by atoms with van der Waals surface area (Å²) in [6.07, 6.45) is 0.122. The number of aliphatic hydroxyl groups excluding tert-OH is 1. The van der Waals surface area contributed by atoms with Crippen molar-refractivity contribution in [1.29, 1.82) is 0 Å². The predicted molar refractivity (Wildman–Crippen MR) is 81.3 cm³/mol. The van der Waals surface area contributed by atoms with Gasteiger partial charge in [0.1, 0.15) is 5.75 Å². The Balaban J connectivity index is 2.39. The van der Waals surface area contributed by atoms with Crippen LogP contribution in [0.1, 0.15) is 26.3 Å². The van der Waals surface area contributed by atoms with Crippen LogP contribution in [0, 0.1) is 0 Å². The van der Waals surface area contributed by atoms with Crippen LogP contribution in [0.5, 0.6) is 5.75 Å².